The van der Waals surface area contributed by atoms with Crippen molar-refractivity contribution >= 4 is 11.6 Å². The number of carbonyl (C=O) groups excluding carboxylic acids is 1. The molecule has 5 nitrogen and oxygen atoms in total. The van der Waals surface area contributed by atoms with Crippen LogP contribution in [0, 0.1) is 5.82 Å². The zero-order valence-corrected chi connectivity index (χ0v) is 14.4. The van der Waals surface area contributed by atoms with Crippen LogP contribution in [-0.2, 0) is 16.1 Å². The maximum absolute atomic E-state index is 13.2. The summed E-state index contributed by atoms with van der Waals surface area (Å²) in [7, 11) is 0. The predicted molar refractivity (Wildman–Crippen MR) is 95.4 cm³/mol. The van der Waals surface area contributed by atoms with Gasteiger partial charge in [-0.05, 0) is 48.4 Å². The van der Waals surface area contributed by atoms with Gasteiger partial charge in [0.25, 0.3) is 5.91 Å². The van der Waals surface area contributed by atoms with Crippen LogP contribution < -0.4 is 4.90 Å². The lowest BCUT2D eigenvalue weighted by molar-refractivity contribution is -0.137. The van der Waals surface area contributed by atoms with Gasteiger partial charge in [-0.3, -0.25) is 9.69 Å². The first-order valence-corrected chi connectivity index (χ1v) is 8.73. The summed E-state index contributed by atoms with van der Waals surface area (Å²) >= 11 is 0. The number of ether oxygens (including phenoxy) is 1. The van der Waals surface area contributed by atoms with Gasteiger partial charge in [-0.15, -0.1) is 0 Å². The molecule has 2 heterocycles. The van der Waals surface area contributed by atoms with Gasteiger partial charge in [0.15, 0.2) is 0 Å². The molecule has 136 valence electrons. The fourth-order valence-electron chi connectivity index (χ4n) is 3.74. The Kier molecular flexibility index (Phi) is 4.38. The minimum atomic E-state index is -0.390. The number of phenols is 1. The zero-order valence-electron chi connectivity index (χ0n) is 14.4. The Balaban J connectivity index is 1.46. The van der Waals surface area contributed by atoms with E-state index in [-0.39, 0.29) is 29.7 Å². The molecular weight excluding hydrogens is 335 g/mol. The number of anilines is 1. The van der Waals surface area contributed by atoms with Gasteiger partial charge < -0.3 is 14.7 Å². The Hall–Kier alpha value is -2.44. The Bertz CT molecular complexity index is 794. The van der Waals surface area contributed by atoms with Crippen LogP contribution in [-0.4, -0.2) is 47.8 Å². The first kappa shape index (κ1) is 17.0. The van der Waals surface area contributed by atoms with Crippen molar-refractivity contribution in [1.82, 2.24) is 4.90 Å². The molecule has 26 heavy (non-hydrogen) atoms. The maximum Gasteiger partial charge on any atom is 0.253 e. The number of hydrogen-bond donors (Lipinski definition) is 1. The summed E-state index contributed by atoms with van der Waals surface area (Å²) in [5.41, 5.74) is 1.44. The second-order valence-corrected chi connectivity index (χ2v) is 7.06. The minimum Gasteiger partial charge on any atom is -0.508 e. The smallest absolute Gasteiger partial charge is 0.253 e. The summed E-state index contributed by atoms with van der Waals surface area (Å²) in [4.78, 5) is 16.3. The summed E-state index contributed by atoms with van der Waals surface area (Å²) in [5, 5.41) is 9.40. The fourth-order valence-corrected chi connectivity index (χ4v) is 3.74. The largest absolute Gasteiger partial charge is 0.508 e. The summed E-state index contributed by atoms with van der Waals surface area (Å²) < 4.78 is 19.1. The standard InChI is InChI=1S/C20H21FN2O3/c21-16-3-5-17(6-4-16)23-14-20(26-12-19(23)25)9-10-22(13-20)11-15-1-7-18(24)8-2-15/h1-8,24H,9-14H2. The third-order valence-corrected chi connectivity index (χ3v) is 5.13. The molecule has 1 N–H and O–H groups in total. The predicted octanol–water partition coefficient (Wildman–Crippen LogP) is 2.54. The number of rotatable bonds is 3. The topological polar surface area (TPSA) is 53.0 Å². The van der Waals surface area contributed by atoms with Crippen molar-refractivity contribution in [2.75, 3.05) is 31.1 Å². The number of likely N-dealkylation sites (tertiary alicyclic amines) is 1. The molecule has 2 fully saturated rings. The van der Waals surface area contributed by atoms with Crippen LogP contribution in [0.1, 0.15) is 12.0 Å². The lowest BCUT2D eigenvalue weighted by atomic mass is 10.00. The number of phenolic OH excluding ortho intramolecular Hbond substituents is 1. The van der Waals surface area contributed by atoms with Crippen molar-refractivity contribution in [3.05, 3.63) is 59.9 Å². The van der Waals surface area contributed by atoms with Crippen molar-refractivity contribution in [1.29, 1.82) is 0 Å². The first-order chi connectivity index (χ1) is 12.5. The minimum absolute atomic E-state index is 0.0461. The van der Waals surface area contributed by atoms with Gasteiger partial charge >= 0.3 is 0 Å². The highest BCUT2D eigenvalue weighted by atomic mass is 19.1. The molecule has 1 unspecified atom stereocenters. The Labute approximate surface area is 151 Å². The summed E-state index contributed by atoms with van der Waals surface area (Å²) in [6.07, 6.45) is 0.843. The molecule has 0 bridgehead atoms. The highest BCUT2D eigenvalue weighted by Crippen LogP contribution is 2.32. The van der Waals surface area contributed by atoms with E-state index in [1.807, 2.05) is 12.1 Å². The van der Waals surface area contributed by atoms with Crippen LogP contribution in [0.4, 0.5) is 10.1 Å². The van der Waals surface area contributed by atoms with E-state index in [9.17, 15) is 14.3 Å². The SMILES string of the molecule is O=C1COC2(CCN(Cc3ccc(O)cc3)C2)CN1c1ccc(F)cc1. The lowest BCUT2D eigenvalue weighted by Gasteiger charge is -2.40. The van der Waals surface area contributed by atoms with Crippen LogP contribution in [0.5, 0.6) is 5.75 Å². The molecule has 2 aliphatic rings. The number of aromatic hydroxyl groups is 1. The number of hydrogen-bond acceptors (Lipinski definition) is 4. The number of halogens is 1. The maximum atomic E-state index is 13.2. The van der Waals surface area contributed by atoms with Gasteiger partial charge in [0, 0.05) is 25.3 Å². The average Bonchev–Trinajstić information content (AvgIpc) is 3.02. The summed E-state index contributed by atoms with van der Waals surface area (Å²) in [6.45, 7) is 2.91. The molecule has 0 radical (unpaired) electrons. The number of amides is 1. The molecule has 0 saturated carbocycles. The molecule has 2 aromatic carbocycles. The third kappa shape index (κ3) is 3.43. The molecule has 1 amide bonds. The van der Waals surface area contributed by atoms with Gasteiger partial charge in [0.05, 0.1) is 6.54 Å². The fraction of sp³-hybridized carbons (Fsp3) is 0.350. The highest BCUT2D eigenvalue weighted by molar-refractivity contribution is 5.95. The van der Waals surface area contributed by atoms with Crippen molar-refractivity contribution in [2.24, 2.45) is 0 Å². The molecule has 2 aromatic rings. The summed E-state index contributed by atoms with van der Waals surface area (Å²) in [6, 6.07) is 13.2. The first-order valence-electron chi connectivity index (χ1n) is 8.73. The average molecular weight is 356 g/mol. The van der Waals surface area contributed by atoms with E-state index in [0.29, 0.717) is 12.2 Å². The van der Waals surface area contributed by atoms with E-state index in [0.717, 1.165) is 31.6 Å². The van der Waals surface area contributed by atoms with E-state index < -0.39 is 0 Å². The number of nitrogens with zero attached hydrogens (tertiary/aromatic N) is 2. The van der Waals surface area contributed by atoms with E-state index in [4.69, 9.17) is 4.74 Å². The summed E-state index contributed by atoms with van der Waals surface area (Å²) in [5.74, 6) is -0.153. The third-order valence-electron chi connectivity index (χ3n) is 5.13. The molecule has 2 aliphatic heterocycles. The van der Waals surface area contributed by atoms with E-state index in [2.05, 4.69) is 4.90 Å². The molecule has 1 spiro atoms. The number of benzene rings is 2. The molecule has 4 rings (SSSR count). The molecule has 6 heteroatoms. The van der Waals surface area contributed by atoms with Gasteiger partial charge in [-0.2, -0.15) is 0 Å². The van der Waals surface area contributed by atoms with E-state index in [1.54, 1.807) is 29.2 Å². The van der Waals surface area contributed by atoms with Crippen molar-refractivity contribution in [2.45, 2.75) is 18.6 Å². The van der Waals surface area contributed by atoms with Gasteiger partial charge in [0.2, 0.25) is 0 Å². The second kappa shape index (κ2) is 6.70. The lowest BCUT2D eigenvalue weighted by Crippen LogP contribution is -2.56. The second-order valence-electron chi connectivity index (χ2n) is 7.06. The number of morpholine rings is 1. The number of carbonyl (C=O) groups is 1. The van der Waals surface area contributed by atoms with Crippen molar-refractivity contribution < 1.29 is 19.0 Å². The van der Waals surface area contributed by atoms with Crippen LogP contribution in [0.25, 0.3) is 0 Å². The van der Waals surface area contributed by atoms with Gasteiger partial charge in [-0.1, -0.05) is 12.1 Å². The Morgan fingerprint density at radius 2 is 1.81 bits per heavy atom. The van der Waals surface area contributed by atoms with E-state index >= 15 is 0 Å². The Morgan fingerprint density at radius 1 is 1.08 bits per heavy atom. The zero-order chi connectivity index (χ0) is 18.1. The van der Waals surface area contributed by atoms with Gasteiger partial charge in [-0.25, -0.2) is 4.39 Å². The van der Waals surface area contributed by atoms with Crippen LogP contribution in [0.3, 0.4) is 0 Å². The van der Waals surface area contributed by atoms with Gasteiger partial charge in [0.1, 0.15) is 23.8 Å². The normalized spacial score (nSPS) is 23.7. The monoisotopic (exact) mass is 356 g/mol. The molecule has 2 saturated heterocycles. The Morgan fingerprint density at radius 3 is 2.54 bits per heavy atom. The van der Waals surface area contributed by atoms with E-state index in [1.165, 1.54) is 12.1 Å². The molecule has 1 atom stereocenters. The van der Waals surface area contributed by atoms with Crippen LogP contribution >= 0.6 is 0 Å². The highest BCUT2D eigenvalue weighted by Gasteiger charge is 2.45. The molecule has 0 aliphatic carbocycles. The van der Waals surface area contributed by atoms with Crippen molar-refractivity contribution in [3.8, 4) is 5.75 Å². The van der Waals surface area contributed by atoms with Crippen LogP contribution in [0.2, 0.25) is 0 Å². The quantitative estimate of drug-likeness (QED) is 0.918. The molecular formula is C20H21FN2O3. The van der Waals surface area contributed by atoms with Crippen LogP contribution in [0.15, 0.2) is 48.5 Å². The van der Waals surface area contributed by atoms with Crippen molar-refractivity contribution in [3.63, 3.8) is 0 Å². The molecule has 0 aromatic heterocycles.